The van der Waals surface area contributed by atoms with Gasteiger partial charge in [0.15, 0.2) is 0 Å². The van der Waals surface area contributed by atoms with Gasteiger partial charge in [0.25, 0.3) is 0 Å². The standard InChI is InChI=1S/C20H22FNO/c1-2-22(15-16-8-6-11-18(21)14-16)19(23)20(12-7-13-20)17-9-4-3-5-10-17/h3-6,8-11,14H,2,7,12-13,15H2,1H3. The van der Waals surface area contributed by atoms with E-state index in [0.29, 0.717) is 13.1 Å². The van der Waals surface area contributed by atoms with Crippen LogP contribution in [-0.2, 0) is 16.8 Å². The van der Waals surface area contributed by atoms with Gasteiger partial charge >= 0.3 is 0 Å². The van der Waals surface area contributed by atoms with Gasteiger partial charge in [0, 0.05) is 13.1 Å². The van der Waals surface area contributed by atoms with Crippen LogP contribution in [0.5, 0.6) is 0 Å². The van der Waals surface area contributed by atoms with Gasteiger partial charge in [-0.15, -0.1) is 0 Å². The maximum absolute atomic E-state index is 13.4. The maximum Gasteiger partial charge on any atom is 0.233 e. The number of amides is 1. The largest absolute Gasteiger partial charge is 0.338 e. The summed E-state index contributed by atoms with van der Waals surface area (Å²) in [5.74, 6) is -0.0888. The Balaban J connectivity index is 1.84. The number of hydrogen-bond donors (Lipinski definition) is 0. The fourth-order valence-corrected chi connectivity index (χ4v) is 3.40. The Bertz CT molecular complexity index is 679. The SMILES string of the molecule is CCN(Cc1cccc(F)c1)C(=O)C1(c2ccccc2)CCC1. The van der Waals surface area contributed by atoms with Crippen LogP contribution in [0.1, 0.15) is 37.3 Å². The Hall–Kier alpha value is -2.16. The minimum Gasteiger partial charge on any atom is -0.338 e. The highest BCUT2D eigenvalue weighted by molar-refractivity contribution is 5.89. The Kier molecular flexibility index (Phi) is 4.46. The Labute approximate surface area is 136 Å². The molecule has 0 radical (unpaired) electrons. The first kappa shape index (κ1) is 15.7. The van der Waals surface area contributed by atoms with Crippen LogP contribution in [0.3, 0.4) is 0 Å². The van der Waals surface area contributed by atoms with E-state index in [-0.39, 0.29) is 17.1 Å². The zero-order chi connectivity index (χ0) is 16.3. The zero-order valence-electron chi connectivity index (χ0n) is 13.5. The Morgan fingerprint density at radius 2 is 1.87 bits per heavy atom. The average Bonchev–Trinajstić information content (AvgIpc) is 2.52. The zero-order valence-corrected chi connectivity index (χ0v) is 13.5. The fraction of sp³-hybridized carbons (Fsp3) is 0.350. The van der Waals surface area contributed by atoms with Crippen molar-refractivity contribution in [2.45, 2.75) is 38.1 Å². The van der Waals surface area contributed by atoms with Crippen LogP contribution < -0.4 is 0 Å². The smallest absolute Gasteiger partial charge is 0.233 e. The molecule has 23 heavy (non-hydrogen) atoms. The molecule has 120 valence electrons. The summed E-state index contributed by atoms with van der Waals surface area (Å²) in [6, 6.07) is 16.6. The summed E-state index contributed by atoms with van der Waals surface area (Å²) in [4.78, 5) is 15.0. The topological polar surface area (TPSA) is 20.3 Å². The van der Waals surface area contributed by atoms with Gasteiger partial charge in [-0.05, 0) is 43.0 Å². The second-order valence-electron chi connectivity index (χ2n) is 6.25. The van der Waals surface area contributed by atoms with E-state index in [1.165, 1.54) is 12.1 Å². The predicted octanol–water partition coefficient (Wildman–Crippen LogP) is 4.30. The Morgan fingerprint density at radius 3 is 2.43 bits per heavy atom. The summed E-state index contributed by atoms with van der Waals surface area (Å²) in [5, 5.41) is 0. The highest BCUT2D eigenvalue weighted by atomic mass is 19.1. The molecule has 0 atom stereocenters. The number of hydrogen-bond acceptors (Lipinski definition) is 1. The van der Waals surface area contributed by atoms with Crippen LogP contribution in [0, 0.1) is 5.82 Å². The van der Waals surface area contributed by atoms with Gasteiger partial charge in [0.05, 0.1) is 5.41 Å². The summed E-state index contributed by atoms with van der Waals surface area (Å²) < 4.78 is 13.4. The van der Waals surface area contributed by atoms with E-state index < -0.39 is 0 Å². The molecule has 1 aliphatic carbocycles. The number of rotatable bonds is 5. The van der Waals surface area contributed by atoms with Crippen molar-refractivity contribution < 1.29 is 9.18 Å². The van der Waals surface area contributed by atoms with Crippen LogP contribution >= 0.6 is 0 Å². The molecule has 1 saturated carbocycles. The average molecular weight is 311 g/mol. The van der Waals surface area contributed by atoms with Crippen LogP contribution in [0.2, 0.25) is 0 Å². The third-order valence-corrected chi connectivity index (χ3v) is 4.87. The molecule has 1 fully saturated rings. The van der Waals surface area contributed by atoms with Crippen molar-refractivity contribution in [1.82, 2.24) is 4.90 Å². The molecular formula is C20H22FNO. The first-order valence-corrected chi connectivity index (χ1v) is 8.25. The number of carbonyl (C=O) groups is 1. The highest BCUT2D eigenvalue weighted by Crippen LogP contribution is 2.45. The minimum absolute atomic E-state index is 0.168. The van der Waals surface area contributed by atoms with E-state index in [1.54, 1.807) is 6.07 Å². The molecule has 0 bridgehead atoms. The molecule has 2 aromatic carbocycles. The number of carbonyl (C=O) groups excluding carboxylic acids is 1. The van der Waals surface area contributed by atoms with Crippen molar-refractivity contribution in [3.05, 3.63) is 71.5 Å². The van der Waals surface area contributed by atoms with Gasteiger partial charge in [0.2, 0.25) is 5.91 Å². The molecular weight excluding hydrogens is 289 g/mol. The molecule has 0 saturated heterocycles. The van der Waals surface area contributed by atoms with Crippen LogP contribution in [-0.4, -0.2) is 17.4 Å². The van der Waals surface area contributed by atoms with E-state index in [1.807, 2.05) is 48.2 Å². The molecule has 0 aliphatic heterocycles. The lowest BCUT2D eigenvalue weighted by molar-refractivity contribution is -0.141. The summed E-state index contributed by atoms with van der Waals surface area (Å²) >= 11 is 0. The molecule has 0 spiro atoms. The highest BCUT2D eigenvalue weighted by Gasteiger charge is 2.47. The van der Waals surface area contributed by atoms with Crippen molar-refractivity contribution in [3.8, 4) is 0 Å². The molecule has 2 aromatic rings. The van der Waals surface area contributed by atoms with E-state index in [0.717, 1.165) is 30.4 Å². The number of benzene rings is 2. The molecule has 2 nitrogen and oxygen atoms in total. The molecule has 1 aliphatic rings. The van der Waals surface area contributed by atoms with Crippen LogP contribution in [0.15, 0.2) is 54.6 Å². The third-order valence-electron chi connectivity index (χ3n) is 4.87. The monoisotopic (exact) mass is 311 g/mol. The lowest BCUT2D eigenvalue weighted by Crippen LogP contribution is -2.50. The molecule has 0 unspecified atom stereocenters. The van der Waals surface area contributed by atoms with E-state index in [4.69, 9.17) is 0 Å². The van der Waals surface area contributed by atoms with Crippen molar-refractivity contribution in [2.75, 3.05) is 6.54 Å². The van der Waals surface area contributed by atoms with Crippen molar-refractivity contribution in [2.24, 2.45) is 0 Å². The van der Waals surface area contributed by atoms with Crippen molar-refractivity contribution >= 4 is 5.91 Å². The van der Waals surface area contributed by atoms with Gasteiger partial charge in [-0.3, -0.25) is 4.79 Å². The van der Waals surface area contributed by atoms with Crippen LogP contribution in [0.4, 0.5) is 4.39 Å². The first-order chi connectivity index (χ1) is 11.2. The fourth-order valence-electron chi connectivity index (χ4n) is 3.40. The van der Waals surface area contributed by atoms with Gasteiger partial charge < -0.3 is 4.90 Å². The summed E-state index contributed by atoms with van der Waals surface area (Å²) in [6.07, 6.45) is 2.88. The van der Waals surface area contributed by atoms with Gasteiger partial charge in [-0.25, -0.2) is 4.39 Å². The van der Waals surface area contributed by atoms with Crippen molar-refractivity contribution in [3.63, 3.8) is 0 Å². The molecule has 0 heterocycles. The minimum atomic E-state index is -0.384. The van der Waals surface area contributed by atoms with Gasteiger partial charge in [0.1, 0.15) is 5.82 Å². The van der Waals surface area contributed by atoms with E-state index in [9.17, 15) is 9.18 Å². The summed E-state index contributed by atoms with van der Waals surface area (Å²) in [7, 11) is 0. The second kappa shape index (κ2) is 6.53. The second-order valence-corrected chi connectivity index (χ2v) is 6.25. The molecule has 0 aromatic heterocycles. The summed E-state index contributed by atoms with van der Waals surface area (Å²) in [6.45, 7) is 3.07. The van der Waals surface area contributed by atoms with Gasteiger partial charge in [-0.1, -0.05) is 48.9 Å². The number of nitrogens with zero attached hydrogens (tertiary/aromatic N) is 1. The molecule has 0 N–H and O–H groups in total. The number of likely N-dealkylation sites (N-methyl/N-ethyl adjacent to an activating group) is 1. The maximum atomic E-state index is 13.4. The summed E-state index contributed by atoms with van der Waals surface area (Å²) in [5.41, 5.74) is 1.56. The molecule has 1 amide bonds. The molecule has 3 rings (SSSR count). The lowest BCUT2D eigenvalue weighted by atomic mass is 9.63. The van der Waals surface area contributed by atoms with Crippen LogP contribution in [0.25, 0.3) is 0 Å². The molecule has 3 heteroatoms. The van der Waals surface area contributed by atoms with E-state index in [2.05, 4.69) is 0 Å². The number of halogens is 1. The Morgan fingerprint density at radius 1 is 1.13 bits per heavy atom. The third kappa shape index (κ3) is 3.00. The quantitative estimate of drug-likeness (QED) is 0.806. The normalized spacial score (nSPS) is 15.7. The van der Waals surface area contributed by atoms with Gasteiger partial charge in [-0.2, -0.15) is 0 Å². The predicted molar refractivity (Wildman–Crippen MR) is 89.5 cm³/mol. The lowest BCUT2D eigenvalue weighted by Gasteiger charge is -2.44. The first-order valence-electron chi connectivity index (χ1n) is 8.25. The van der Waals surface area contributed by atoms with Crippen molar-refractivity contribution in [1.29, 1.82) is 0 Å². The van der Waals surface area contributed by atoms with E-state index >= 15 is 0 Å².